The summed E-state index contributed by atoms with van der Waals surface area (Å²) < 4.78 is 10.7. The molecule has 7 nitrogen and oxygen atoms in total. The largest absolute Gasteiger partial charge is 0.497 e. The van der Waals surface area contributed by atoms with Gasteiger partial charge in [-0.05, 0) is 77.4 Å². The van der Waals surface area contributed by atoms with Crippen LogP contribution in [0.3, 0.4) is 0 Å². The second kappa shape index (κ2) is 11.4. The van der Waals surface area contributed by atoms with Crippen LogP contribution in [0.15, 0.2) is 113 Å². The van der Waals surface area contributed by atoms with Crippen molar-refractivity contribution in [3.63, 3.8) is 0 Å². The van der Waals surface area contributed by atoms with E-state index in [0.717, 1.165) is 46.0 Å². The zero-order valence-corrected chi connectivity index (χ0v) is 21.2. The van der Waals surface area contributed by atoms with Gasteiger partial charge in [0.15, 0.2) is 0 Å². The van der Waals surface area contributed by atoms with Crippen molar-refractivity contribution in [1.29, 1.82) is 0 Å². The monoisotopic (exact) mass is 504 g/mol. The molecule has 1 aliphatic rings. The van der Waals surface area contributed by atoms with Crippen LogP contribution in [0.5, 0.6) is 11.5 Å². The molecule has 1 atom stereocenters. The Labute approximate surface area is 222 Å². The van der Waals surface area contributed by atoms with Gasteiger partial charge in [-0.2, -0.15) is 10.2 Å². The summed E-state index contributed by atoms with van der Waals surface area (Å²) in [5, 5.41) is 11.2. The van der Waals surface area contributed by atoms with Gasteiger partial charge in [0.1, 0.15) is 11.5 Å². The van der Waals surface area contributed by atoms with Crippen molar-refractivity contribution < 1.29 is 14.3 Å². The maximum atomic E-state index is 12.2. The highest BCUT2D eigenvalue weighted by atomic mass is 16.5. The van der Waals surface area contributed by atoms with Gasteiger partial charge in [0.05, 0.1) is 37.9 Å². The van der Waals surface area contributed by atoms with Gasteiger partial charge in [0, 0.05) is 12.0 Å². The van der Waals surface area contributed by atoms with Crippen molar-refractivity contribution in [2.45, 2.75) is 12.5 Å². The molecule has 1 unspecified atom stereocenters. The van der Waals surface area contributed by atoms with Crippen LogP contribution < -0.4 is 19.9 Å². The first-order valence-corrected chi connectivity index (χ1v) is 12.3. The zero-order valence-electron chi connectivity index (χ0n) is 21.2. The quantitative estimate of drug-likeness (QED) is 0.242. The van der Waals surface area contributed by atoms with Gasteiger partial charge in [0.2, 0.25) is 0 Å². The van der Waals surface area contributed by atoms with Crippen LogP contribution in [0.4, 0.5) is 5.69 Å². The Morgan fingerprint density at radius 1 is 0.868 bits per heavy atom. The lowest BCUT2D eigenvalue weighted by Crippen LogP contribution is -2.18. The van der Waals surface area contributed by atoms with Crippen LogP contribution in [0.1, 0.15) is 39.5 Å². The summed E-state index contributed by atoms with van der Waals surface area (Å²) in [6.07, 6.45) is 2.38. The number of hydrogen-bond acceptors (Lipinski definition) is 6. The Balaban J connectivity index is 1.36. The van der Waals surface area contributed by atoms with Crippen molar-refractivity contribution in [2.75, 3.05) is 19.2 Å². The van der Waals surface area contributed by atoms with E-state index in [1.807, 2.05) is 78.9 Å². The second-order valence-corrected chi connectivity index (χ2v) is 8.77. The molecular weight excluding hydrogens is 476 g/mol. The predicted molar refractivity (Wildman–Crippen MR) is 150 cm³/mol. The van der Waals surface area contributed by atoms with Crippen molar-refractivity contribution in [3.8, 4) is 11.5 Å². The first kappa shape index (κ1) is 24.8. The molecule has 4 aromatic rings. The number of hydrazone groups is 2. The molecular formula is C31H28N4O3. The average molecular weight is 505 g/mol. The molecule has 0 bridgehead atoms. The van der Waals surface area contributed by atoms with Gasteiger partial charge in [-0.3, -0.25) is 9.80 Å². The average Bonchev–Trinajstić information content (AvgIpc) is 3.43. The first-order chi connectivity index (χ1) is 18.6. The fraction of sp³-hybridized carbons (Fsp3) is 0.129. The van der Waals surface area contributed by atoms with Crippen molar-refractivity contribution in [2.24, 2.45) is 10.2 Å². The molecule has 0 fully saturated rings. The molecule has 190 valence electrons. The van der Waals surface area contributed by atoms with E-state index >= 15 is 0 Å². The van der Waals surface area contributed by atoms with E-state index in [0.29, 0.717) is 5.56 Å². The van der Waals surface area contributed by atoms with Crippen molar-refractivity contribution in [3.05, 3.63) is 125 Å². The van der Waals surface area contributed by atoms with Crippen LogP contribution in [0, 0.1) is 0 Å². The third-order valence-corrected chi connectivity index (χ3v) is 6.41. The number of benzene rings is 4. The maximum Gasteiger partial charge on any atom is 0.271 e. The minimum atomic E-state index is -0.252. The van der Waals surface area contributed by atoms with Gasteiger partial charge in [-0.1, -0.05) is 42.5 Å². The summed E-state index contributed by atoms with van der Waals surface area (Å²) in [5.74, 6) is 1.38. The number of rotatable bonds is 8. The lowest BCUT2D eigenvalue weighted by atomic mass is 9.98. The number of nitrogens with zero attached hydrogens (tertiary/aromatic N) is 3. The number of amides is 1. The van der Waals surface area contributed by atoms with Crippen LogP contribution in [0.25, 0.3) is 0 Å². The minimum Gasteiger partial charge on any atom is -0.497 e. The van der Waals surface area contributed by atoms with Crippen LogP contribution in [0.2, 0.25) is 0 Å². The number of anilines is 1. The number of carbonyl (C=O) groups is 1. The number of hydrogen-bond donors (Lipinski definition) is 1. The molecule has 38 heavy (non-hydrogen) atoms. The molecule has 1 amide bonds. The molecule has 1 N–H and O–H groups in total. The van der Waals surface area contributed by atoms with E-state index in [2.05, 4.69) is 27.7 Å². The van der Waals surface area contributed by atoms with Gasteiger partial charge < -0.3 is 9.47 Å². The number of nitrogens with one attached hydrogen (secondary N) is 1. The van der Waals surface area contributed by atoms with E-state index in [-0.39, 0.29) is 11.9 Å². The van der Waals surface area contributed by atoms with E-state index in [4.69, 9.17) is 14.6 Å². The number of methoxy groups -OCH3 is 2. The SMILES string of the molecule is COc1ccc(C2=NN(c3ccc(C=NNC(=O)c4ccccc4)cc3)C(c3ccc(OC)cc3)C2)cc1. The van der Waals surface area contributed by atoms with Crippen molar-refractivity contribution in [1.82, 2.24) is 5.43 Å². The number of ether oxygens (including phenoxy) is 2. The Hall–Kier alpha value is -4.91. The molecule has 0 saturated heterocycles. The molecule has 0 spiro atoms. The summed E-state index contributed by atoms with van der Waals surface area (Å²) in [6.45, 7) is 0. The van der Waals surface area contributed by atoms with E-state index < -0.39 is 0 Å². The summed E-state index contributed by atoms with van der Waals surface area (Å²) in [5.41, 5.74) is 8.15. The lowest BCUT2D eigenvalue weighted by Gasteiger charge is -2.24. The highest BCUT2D eigenvalue weighted by Gasteiger charge is 2.30. The standard InChI is InChI=1S/C31H28N4O3/c1-37-27-16-10-23(11-17-27)29-20-30(24-12-18-28(38-2)19-13-24)35(34-29)26-14-8-22(9-15-26)21-32-33-31(36)25-6-4-3-5-7-25/h3-19,21,30H,20H2,1-2H3,(H,33,36). The van der Waals surface area contributed by atoms with E-state index in [1.54, 1.807) is 32.6 Å². The fourth-order valence-electron chi connectivity index (χ4n) is 4.32. The molecule has 0 aliphatic carbocycles. The number of carbonyl (C=O) groups excluding carboxylic acids is 1. The third kappa shape index (κ3) is 5.57. The van der Waals surface area contributed by atoms with Crippen LogP contribution in [-0.4, -0.2) is 32.1 Å². The molecule has 7 heteroatoms. The second-order valence-electron chi connectivity index (χ2n) is 8.77. The van der Waals surface area contributed by atoms with E-state index in [9.17, 15) is 4.79 Å². The molecule has 0 aromatic heterocycles. The zero-order chi connectivity index (χ0) is 26.3. The predicted octanol–water partition coefficient (Wildman–Crippen LogP) is 5.82. The van der Waals surface area contributed by atoms with Gasteiger partial charge in [-0.25, -0.2) is 5.43 Å². The highest BCUT2D eigenvalue weighted by molar-refractivity contribution is 6.03. The minimum absolute atomic E-state index is 0.0303. The fourth-order valence-corrected chi connectivity index (χ4v) is 4.32. The lowest BCUT2D eigenvalue weighted by molar-refractivity contribution is 0.0955. The van der Waals surface area contributed by atoms with Gasteiger partial charge in [-0.15, -0.1) is 0 Å². The molecule has 0 saturated carbocycles. The Kier molecular flexibility index (Phi) is 7.45. The third-order valence-electron chi connectivity index (χ3n) is 6.41. The first-order valence-electron chi connectivity index (χ1n) is 12.3. The van der Waals surface area contributed by atoms with Crippen LogP contribution >= 0.6 is 0 Å². The van der Waals surface area contributed by atoms with Gasteiger partial charge in [0.25, 0.3) is 5.91 Å². The van der Waals surface area contributed by atoms with Crippen LogP contribution in [-0.2, 0) is 0 Å². The molecule has 4 aromatic carbocycles. The molecule has 1 aliphatic heterocycles. The molecule has 5 rings (SSSR count). The highest BCUT2D eigenvalue weighted by Crippen LogP contribution is 2.37. The normalized spacial score (nSPS) is 14.8. The summed E-state index contributed by atoms with van der Waals surface area (Å²) in [4.78, 5) is 12.2. The van der Waals surface area contributed by atoms with E-state index in [1.165, 1.54) is 0 Å². The maximum absolute atomic E-state index is 12.2. The van der Waals surface area contributed by atoms with Gasteiger partial charge >= 0.3 is 0 Å². The summed E-state index contributed by atoms with van der Waals surface area (Å²) in [7, 11) is 3.33. The topological polar surface area (TPSA) is 75.5 Å². The van der Waals surface area contributed by atoms with Crippen molar-refractivity contribution >= 4 is 23.5 Å². The summed E-state index contributed by atoms with van der Waals surface area (Å²) >= 11 is 0. The molecule has 1 heterocycles. The molecule has 0 radical (unpaired) electrons. The Morgan fingerprint density at radius 2 is 1.50 bits per heavy atom. The Bertz CT molecular complexity index is 1430. The Morgan fingerprint density at radius 3 is 2.13 bits per heavy atom. The summed E-state index contributed by atoms with van der Waals surface area (Å²) in [6, 6.07) is 33.1. The smallest absolute Gasteiger partial charge is 0.271 e.